The van der Waals surface area contributed by atoms with Gasteiger partial charge >= 0.3 is 12.1 Å². The first-order valence-corrected chi connectivity index (χ1v) is 18.3. The molecule has 14 heteroatoms. The number of carbonyl (C=O) groups is 4. The van der Waals surface area contributed by atoms with E-state index in [0.29, 0.717) is 41.1 Å². The lowest BCUT2D eigenvalue weighted by Gasteiger charge is -2.29. The van der Waals surface area contributed by atoms with Crippen molar-refractivity contribution in [1.29, 1.82) is 0 Å². The van der Waals surface area contributed by atoms with E-state index in [1.807, 2.05) is 31.2 Å². The third-order valence-corrected chi connectivity index (χ3v) is 10.7. The van der Waals surface area contributed by atoms with Crippen molar-refractivity contribution in [3.05, 3.63) is 54.4 Å². The van der Waals surface area contributed by atoms with E-state index in [2.05, 4.69) is 15.7 Å². The smallest absolute Gasteiger partial charge is 0.408 e. The van der Waals surface area contributed by atoms with E-state index in [4.69, 9.17) is 19.2 Å². The first kappa shape index (κ1) is 35.3. The van der Waals surface area contributed by atoms with Crippen molar-refractivity contribution in [3.8, 4) is 17.3 Å². The van der Waals surface area contributed by atoms with E-state index in [0.717, 1.165) is 50.6 Å². The molecule has 4 aliphatic rings. The van der Waals surface area contributed by atoms with Gasteiger partial charge in [0.15, 0.2) is 5.82 Å². The van der Waals surface area contributed by atoms with Gasteiger partial charge in [0.2, 0.25) is 11.8 Å². The second kappa shape index (κ2) is 14.8. The van der Waals surface area contributed by atoms with Gasteiger partial charge in [0.1, 0.15) is 41.3 Å². The van der Waals surface area contributed by atoms with Crippen molar-refractivity contribution in [2.75, 3.05) is 13.7 Å². The second-order valence-corrected chi connectivity index (χ2v) is 14.4. The number of methoxy groups -OCH3 is 1. The molecule has 1 saturated heterocycles. The zero-order valence-electron chi connectivity index (χ0n) is 29.6. The molecule has 14 nitrogen and oxygen atoms in total. The van der Waals surface area contributed by atoms with Gasteiger partial charge in [-0.3, -0.25) is 9.59 Å². The lowest BCUT2D eigenvalue weighted by atomic mass is 10.0. The normalized spacial score (nSPS) is 27.5. The third-order valence-electron chi connectivity index (χ3n) is 10.7. The van der Waals surface area contributed by atoms with Crippen LogP contribution in [0.2, 0.25) is 0 Å². The Morgan fingerprint density at radius 2 is 1.85 bits per heavy atom. The molecular formula is C38H46N6O8. The molecule has 4 heterocycles. The summed E-state index contributed by atoms with van der Waals surface area (Å²) in [5.74, 6) is -0.876. The number of nitrogens with one attached hydrogen (secondary N) is 2. The average molecular weight is 715 g/mol. The van der Waals surface area contributed by atoms with E-state index >= 15 is 0 Å². The molecule has 2 aliphatic carbocycles. The fourth-order valence-corrected chi connectivity index (χ4v) is 7.71. The minimum atomic E-state index is -1.44. The number of amides is 3. The molecule has 3 aromatic rings. The standard InChI is InChI=1S/C38H46N6O8/c1-23-16-17-44(42-23)33-20-32(28-15-14-26(50-2)18-30(28)39-33)51-27-19-31-34(45)41-38(36(47)48)21-24(38)10-6-4-3-5-7-13-29(35(46)43(31)22-27)40-37(49)52-25-11-8-9-12-25/h6,10,14-18,20,24-25,27,29,31H,3-5,7-9,11-13,19,21-22H2,1-2H3,(H,40,49)(H,41,45)(H,47,48)/b10-6-/t24-,27-,29-,31+,38-/m1/s1. The van der Waals surface area contributed by atoms with Gasteiger partial charge in [-0.2, -0.15) is 5.10 Å². The summed E-state index contributed by atoms with van der Waals surface area (Å²) in [6.07, 6.45) is 11.5. The van der Waals surface area contributed by atoms with Gasteiger partial charge in [-0.1, -0.05) is 25.0 Å². The molecule has 0 spiro atoms. The second-order valence-electron chi connectivity index (χ2n) is 14.4. The number of fused-ring (bicyclic) bond motifs is 3. The number of carbonyl (C=O) groups excluding carboxylic acids is 3. The number of aryl methyl sites for hydroxylation is 1. The number of aromatic nitrogens is 3. The Labute approximate surface area is 301 Å². The number of hydrogen-bond acceptors (Lipinski definition) is 9. The number of ether oxygens (including phenoxy) is 3. The highest BCUT2D eigenvalue weighted by molar-refractivity contribution is 5.96. The number of aliphatic carboxylic acids is 1. The molecule has 3 fully saturated rings. The van der Waals surface area contributed by atoms with Crippen LogP contribution < -0.4 is 20.1 Å². The van der Waals surface area contributed by atoms with E-state index in [9.17, 15) is 24.3 Å². The number of allylic oxidation sites excluding steroid dienone is 1. The van der Waals surface area contributed by atoms with Crippen LogP contribution in [0.3, 0.4) is 0 Å². The molecule has 0 unspecified atom stereocenters. The van der Waals surface area contributed by atoms with E-state index in [1.54, 1.807) is 36.2 Å². The fraction of sp³-hybridized carbons (Fsp3) is 0.526. The highest BCUT2D eigenvalue weighted by Crippen LogP contribution is 2.45. The largest absolute Gasteiger partial charge is 0.497 e. The lowest BCUT2D eigenvalue weighted by Crippen LogP contribution is -2.56. The van der Waals surface area contributed by atoms with Crippen molar-refractivity contribution < 1.29 is 38.5 Å². The maximum absolute atomic E-state index is 14.5. The number of hydrogen-bond donors (Lipinski definition) is 3. The molecule has 2 aromatic heterocycles. The average Bonchev–Trinajstić information content (AvgIpc) is 3.54. The van der Waals surface area contributed by atoms with Crippen molar-refractivity contribution >= 4 is 34.8 Å². The number of benzene rings is 1. The van der Waals surface area contributed by atoms with Crippen LogP contribution in [0.1, 0.15) is 76.3 Å². The molecule has 2 saturated carbocycles. The van der Waals surface area contributed by atoms with E-state index < -0.39 is 47.6 Å². The Morgan fingerprint density at radius 3 is 2.60 bits per heavy atom. The summed E-state index contributed by atoms with van der Waals surface area (Å²) in [5.41, 5.74) is -0.0352. The minimum Gasteiger partial charge on any atom is -0.497 e. The number of carboxylic acid groups (broad SMARTS) is 1. The fourth-order valence-electron chi connectivity index (χ4n) is 7.71. The Bertz CT molecular complexity index is 1870. The summed E-state index contributed by atoms with van der Waals surface area (Å²) in [4.78, 5) is 60.4. The predicted octanol–water partition coefficient (Wildman–Crippen LogP) is 4.60. The molecular weight excluding hydrogens is 668 g/mol. The highest BCUT2D eigenvalue weighted by atomic mass is 16.6. The van der Waals surface area contributed by atoms with Crippen LogP contribution in [0.4, 0.5) is 4.79 Å². The monoisotopic (exact) mass is 714 g/mol. The zero-order valence-corrected chi connectivity index (χ0v) is 29.6. The molecule has 1 aromatic carbocycles. The molecule has 3 amide bonds. The van der Waals surface area contributed by atoms with Crippen molar-refractivity contribution in [3.63, 3.8) is 0 Å². The van der Waals surface area contributed by atoms with E-state index in [-0.39, 0.29) is 31.4 Å². The van der Waals surface area contributed by atoms with Gasteiger partial charge in [-0.05, 0) is 76.5 Å². The lowest BCUT2D eigenvalue weighted by molar-refractivity contribution is -0.145. The Morgan fingerprint density at radius 1 is 1.04 bits per heavy atom. The van der Waals surface area contributed by atoms with Crippen molar-refractivity contribution in [2.24, 2.45) is 5.92 Å². The maximum atomic E-state index is 14.5. The van der Waals surface area contributed by atoms with Gasteiger partial charge in [0.05, 0.1) is 24.9 Å². The number of carboxylic acids is 1. The molecule has 52 heavy (non-hydrogen) atoms. The summed E-state index contributed by atoms with van der Waals surface area (Å²) in [7, 11) is 1.58. The van der Waals surface area contributed by atoms with Crippen LogP contribution in [-0.2, 0) is 19.1 Å². The van der Waals surface area contributed by atoms with Crippen LogP contribution in [0.15, 0.2) is 48.7 Å². The zero-order chi connectivity index (χ0) is 36.4. The van der Waals surface area contributed by atoms with Crippen LogP contribution in [0, 0.1) is 12.8 Å². The van der Waals surface area contributed by atoms with Crippen molar-refractivity contribution in [1.82, 2.24) is 30.3 Å². The van der Waals surface area contributed by atoms with Crippen molar-refractivity contribution in [2.45, 2.75) is 107 Å². The summed E-state index contributed by atoms with van der Waals surface area (Å²) in [6, 6.07) is 7.09. The highest BCUT2D eigenvalue weighted by Gasteiger charge is 2.61. The van der Waals surface area contributed by atoms with Gasteiger partial charge in [0, 0.05) is 36.1 Å². The molecule has 2 aliphatic heterocycles. The van der Waals surface area contributed by atoms with Crippen LogP contribution >= 0.6 is 0 Å². The van der Waals surface area contributed by atoms with Gasteiger partial charge in [-0.15, -0.1) is 0 Å². The molecule has 3 N–H and O–H groups in total. The Hall–Kier alpha value is -5.14. The minimum absolute atomic E-state index is 0.0341. The predicted molar refractivity (Wildman–Crippen MR) is 189 cm³/mol. The van der Waals surface area contributed by atoms with Crippen LogP contribution in [0.5, 0.6) is 11.5 Å². The van der Waals surface area contributed by atoms with Gasteiger partial charge in [-0.25, -0.2) is 19.3 Å². The summed E-state index contributed by atoms with van der Waals surface area (Å²) in [5, 5.41) is 21.1. The number of alkyl carbamates (subject to hydrolysis) is 1. The van der Waals surface area contributed by atoms with Gasteiger partial charge < -0.3 is 34.9 Å². The Balaban J connectivity index is 1.20. The number of nitrogens with zero attached hydrogens (tertiary/aromatic N) is 4. The molecule has 276 valence electrons. The third kappa shape index (κ3) is 7.42. The summed E-state index contributed by atoms with van der Waals surface area (Å²) >= 11 is 0. The Kier molecular flexibility index (Phi) is 10.1. The molecule has 5 atom stereocenters. The topological polar surface area (TPSA) is 174 Å². The summed E-state index contributed by atoms with van der Waals surface area (Å²) < 4.78 is 19.4. The quantitative estimate of drug-likeness (QED) is 0.294. The van der Waals surface area contributed by atoms with Crippen LogP contribution in [-0.4, -0.2) is 92.1 Å². The van der Waals surface area contributed by atoms with Crippen LogP contribution in [0.25, 0.3) is 16.7 Å². The molecule has 0 radical (unpaired) electrons. The SMILES string of the molecule is COc1ccc2c(O[C@@H]3C[C@H]4C(=O)N[C@]5(C(=O)O)C[C@H]5/C=C\CCCCC[C@@H](NC(=O)OC5CCCC5)C(=O)N4C3)cc(-n3ccc(C)n3)nc2c1. The molecule has 7 rings (SSSR count). The first-order valence-electron chi connectivity index (χ1n) is 18.3. The number of pyridine rings is 1. The van der Waals surface area contributed by atoms with Gasteiger partial charge in [0.25, 0.3) is 0 Å². The maximum Gasteiger partial charge on any atom is 0.408 e. The molecule has 0 bridgehead atoms. The first-order chi connectivity index (χ1) is 25.1. The number of rotatable bonds is 7. The van der Waals surface area contributed by atoms with E-state index in [1.165, 1.54) is 4.90 Å². The summed E-state index contributed by atoms with van der Waals surface area (Å²) in [6.45, 7) is 1.91.